The summed E-state index contributed by atoms with van der Waals surface area (Å²) < 4.78 is 0.351. The van der Waals surface area contributed by atoms with E-state index in [4.69, 9.17) is 23.8 Å². The lowest BCUT2D eigenvalue weighted by molar-refractivity contribution is -0.122. The predicted octanol–water partition coefficient (Wildman–Crippen LogP) is 5.71. The minimum absolute atomic E-state index is 0.188. The van der Waals surface area contributed by atoms with Crippen LogP contribution in [0.3, 0.4) is 0 Å². The average molecular weight is 548 g/mol. The Balaban J connectivity index is 1.43. The summed E-state index contributed by atoms with van der Waals surface area (Å²) in [6.45, 7) is 3.99. The first kappa shape index (κ1) is 25.2. The molecule has 0 bridgehead atoms. The highest BCUT2D eigenvalue weighted by atomic mass is 35.5. The van der Waals surface area contributed by atoms with Crippen LogP contribution >= 0.6 is 35.6 Å². The third-order valence-electron chi connectivity index (χ3n) is 6.38. The monoisotopic (exact) mass is 547 g/mol. The van der Waals surface area contributed by atoms with Crippen LogP contribution in [0.25, 0.3) is 5.57 Å². The molecule has 3 aromatic carbocycles. The van der Waals surface area contributed by atoms with Crippen molar-refractivity contribution in [2.45, 2.75) is 20.4 Å². The Bertz CT molecular complexity index is 1520. The zero-order valence-electron chi connectivity index (χ0n) is 20.1. The van der Waals surface area contributed by atoms with E-state index in [9.17, 15) is 14.4 Å². The predicted molar refractivity (Wildman–Crippen MR) is 152 cm³/mol. The molecule has 1 saturated heterocycles. The molecule has 1 N–H and O–H groups in total. The first-order valence-corrected chi connectivity index (χ1v) is 13.1. The second-order valence-corrected chi connectivity index (χ2v) is 10.9. The fraction of sp³-hybridized carbons (Fsp3) is 0.143. The van der Waals surface area contributed by atoms with Crippen LogP contribution in [0.2, 0.25) is 5.02 Å². The molecule has 3 aromatic rings. The van der Waals surface area contributed by atoms with Crippen molar-refractivity contribution in [1.29, 1.82) is 0 Å². The molecule has 1 fully saturated rings. The molecule has 2 aliphatic rings. The maximum Gasteiger partial charge on any atom is 0.267 e. The SMILES string of the molecule is Cc1ccc(NC(=O)CN2C(=O)C(=C3SC(=S)N(Cc4ccccc4Cl)C3=O)c3ccccc32)cc1C. The lowest BCUT2D eigenvalue weighted by Gasteiger charge is -2.17. The van der Waals surface area contributed by atoms with Crippen LogP contribution in [0.5, 0.6) is 0 Å². The van der Waals surface area contributed by atoms with Gasteiger partial charge in [0.15, 0.2) is 0 Å². The third kappa shape index (κ3) is 4.80. The van der Waals surface area contributed by atoms with E-state index in [1.165, 1.54) is 9.80 Å². The summed E-state index contributed by atoms with van der Waals surface area (Å²) in [6.07, 6.45) is 0. The molecule has 37 heavy (non-hydrogen) atoms. The number of anilines is 2. The number of para-hydroxylation sites is 1. The molecule has 3 amide bonds. The Morgan fingerprint density at radius 3 is 2.43 bits per heavy atom. The molecule has 0 unspecified atom stereocenters. The zero-order valence-corrected chi connectivity index (χ0v) is 22.5. The molecular weight excluding hydrogens is 526 g/mol. The van der Waals surface area contributed by atoms with Gasteiger partial charge in [-0.25, -0.2) is 0 Å². The van der Waals surface area contributed by atoms with Crippen LogP contribution in [0.15, 0.2) is 71.6 Å². The minimum Gasteiger partial charge on any atom is -0.325 e. The summed E-state index contributed by atoms with van der Waals surface area (Å²) in [4.78, 5) is 43.1. The van der Waals surface area contributed by atoms with Crippen LogP contribution in [0, 0.1) is 13.8 Å². The second-order valence-electron chi connectivity index (χ2n) is 8.81. The van der Waals surface area contributed by atoms with Gasteiger partial charge in [0, 0.05) is 16.3 Å². The summed E-state index contributed by atoms with van der Waals surface area (Å²) in [7, 11) is 0. The lowest BCUT2D eigenvalue weighted by Crippen LogP contribution is -2.35. The average Bonchev–Trinajstić information content (AvgIpc) is 3.30. The number of carbonyl (C=O) groups excluding carboxylic acids is 3. The van der Waals surface area contributed by atoms with E-state index in [0.717, 1.165) is 28.5 Å². The van der Waals surface area contributed by atoms with Gasteiger partial charge in [0.25, 0.3) is 11.8 Å². The molecule has 0 radical (unpaired) electrons. The summed E-state index contributed by atoms with van der Waals surface area (Å²) in [6, 6.07) is 20.1. The standard InChI is InChI=1S/C28H22ClN3O3S2/c1-16-11-12-19(13-17(16)2)30-23(33)15-31-22-10-6-4-8-20(22)24(26(31)34)25-27(35)32(28(36)37-25)14-18-7-3-5-9-21(18)29/h3-13H,14-15H2,1-2H3,(H,30,33). The largest absolute Gasteiger partial charge is 0.325 e. The van der Waals surface area contributed by atoms with Gasteiger partial charge in [-0.05, 0) is 54.8 Å². The maximum atomic E-state index is 13.6. The Morgan fingerprint density at radius 1 is 0.946 bits per heavy atom. The molecule has 2 heterocycles. The number of nitrogens with one attached hydrogen (secondary N) is 1. The number of thiocarbonyl (C=S) groups is 1. The first-order chi connectivity index (χ1) is 17.7. The maximum absolute atomic E-state index is 13.6. The van der Waals surface area contributed by atoms with Gasteiger partial charge >= 0.3 is 0 Å². The van der Waals surface area contributed by atoms with Crippen LogP contribution in [0.1, 0.15) is 22.3 Å². The van der Waals surface area contributed by atoms with Crippen LogP contribution in [-0.4, -0.2) is 33.5 Å². The van der Waals surface area contributed by atoms with Crippen molar-refractivity contribution in [2.75, 3.05) is 16.8 Å². The Morgan fingerprint density at radius 2 is 1.68 bits per heavy atom. The zero-order chi connectivity index (χ0) is 26.3. The molecule has 5 rings (SSSR count). The van der Waals surface area contributed by atoms with E-state index in [2.05, 4.69) is 5.32 Å². The van der Waals surface area contributed by atoms with E-state index < -0.39 is 5.91 Å². The van der Waals surface area contributed by atoms with Gasteiger partial charge in [0.05, 0.1) is 22.7 Å². The van der Waals surface area contributed by atoms with Gasteiger partial charge in [-0.1, -0.05) is 78.0 Å². The fourth-order valence-corrected chi connectivity index (χ4v) is 5.82. The lowest BCUT2D eigenvalue weighted by atomic mass is 10.1. The van der Waals surface area contributed by atoms with E-state index in [1.807, 2.05) is 50.2 Å². The Kier molecular flexibility index (Phi) is 6.90. The molecule has 0 aromatic heterocycles. The number of rotatable bonds is 5. The van der Waals surface area contributed by atoms with Crippen molar-refractivity contribution >= 4 is 74.6 Å². The van der Waals surface area contributed by atoms with Gasteiger partial charge in [0.1, 0.15) is 10.9 Å². The third-order valence-corrected chi connectivity index (χ3v) is 8.20. The smallest absolute Gasteiger partial charge is 0.267 e. The summed E-state index contributed by atoms with van der Waals surface area (Å²) in [5.41, 5.74) is 5.04. The fourth-order valence-electron chi connectivity index (χ4n) is 4.30. The number of hydrogen-bond acceptors (Lipinski definition) is 5. The number of nitrogens with zero attached hydrogens (tertiary/aromatic N) is 2. The molecule has 9 heteroatoms. The van der Waals surface area contributed by atoms with Gasteiger partial charge in [-0.3, -0.25) is 24.2 Å². The Hall–Kier alpha value is -3.46. The first-order valence-electron chi connectivity index (χ1n) is 11.5. The molecular formula is C28H22ClN3O3S2. The van der Waals surface area contributed by atoms with Gasteiger partial charge < -0.3 is 5.32 Å². The van der Waals surface area contributed by atoms with Crippen molar-refractivity contribution in [3.8, 4) is 0 Å². The number of halogens is 1. The van der Waals surface area contributed by atoms with E-state index in [0.29, 0.717) is 26.3 Å². The van der Waals surface area contributed by atoms with E-state index in [1.54, 1.807) is 30.3 Å². The van der Waals surface area contributed by atoms with Crippen molar-refractivity contribution in [3.63, 3.8) is 0 Å². The highest BCUT2D eigenvalue weighted by Gasteiger charge is 2.42. The van der Waals surface area contributed by atoms with Crippen LogP contribution < -0.4 is 10.2 Å². The number of fused-ring (bicyclic) bond motifs is 1. The van der Waals surface area contributed by atoms with Gasteiger partial charge in [-0.15, -0.1) is 0 Å². The molecule has 186 valence electrons. The summed E-state index contributed by atoms with van der Waals surface area (Å²) >= 11 is 12.9. The molecule has 0 saturated carbocycles. The van der Waals surface area contributed by atoms with Gasteiger partial charge in [-0.2, -0.15) is 0 Å². The number of amides is 3. The molecule has 0 spiro atoms. The summed E-state index contributed by atoms with van der Waals surface area (Å²) in [5.74, 6) is -1.09. The minimum atomic E-state index is -0.408. The van der Waals surface area contributed by atoms with Crippen molar-refractivity contribution in [1.82, 2.24) is 4.90 Å². The number of hydrogen-bond donors (Lipinski definition) is 1. The molecule has 2 aliphatic heterocycles. The highest BCUT2D eigenvalue weighted by molar-refractivity contribution is 8.26. The Labute approximate surface area is 229 Å². The van der Waals surface area contributed by atoms with Gasteiger partial charge in [0.2, 0.25) is 5.91 Å². The highest BCUT2D eigenvalue weighted by Crippen LogP contribution is 2.45. The number of benzene rings is 3. The topological polar surface area (TPSA) is 69.7 Å². The van der Waals surface area contributed by atoms with Crippen LogP contribution in [0.4, 0.5) is 11.4 Å². The number of thioether (sulfide) groups is 1. The molecule has 0 atom stereocenters. The second kappa shape index (κ2) is 10.1. The van der Waals surface area contributed by atoms with E-state index in [-0.39, 0.29) is 35.4 Å². The van der Waals surface area contributed by atoms with Crippen molar-refractivity contribution < 1.29 is 14.4 Å². The van der Waals surface area contributed by atoms with Crippen molar-refractivity contribution in [3.05, 3.63) is 98.9 Å². The molecule has 6 nitrogen and oxygen atoms in total. The number of aryl methyl sites for hydroxylation is 2. The van der Waals surface area contributed by atoms with Crippen LogP contribution in [-0.2, 0) is 20.9 Å². The molecule has 0 aliphatic carbocycles. The quantitative estimate of drug-likeness (QED) is 0.327. The summed E-state index contributed by atoms with van der Waals surface area (Å²) in [5, 5.41) is 3.40. The van der Waals surface area contributed by atoms with E-state index >= 15 is 0 Å². The normalized spacial score (nSPS) is 17.0. The van der Waals surface area contributed by atoms with Crippen molar-refractivity contribution in [2.24, 2.45) is 0 Å². The number of carbonyl (C=O) groups is 3.